The van der Waals surface area contributed by atoms with Crippen molar-refractivity contribution >= 4 is 0 Å². The monoisotopic (exact) mass is 267 g/mol. The molecule has 0 radical (unpaired) electrons. The Morgan fingerprint density at radius 2 is 1.95 bits per heavy atom. The fraction of sp³-hybridized carbons (Fsp3) is 0.333. The average Bonchev–Trinajstić information content (AvgIpc) is 2.48. The van der Waals surface area contributed by atoms with Crippen LogP contribution in [-0.2, 0) is 6.54 Å². The van der Waals surface area contributed by atoms with E-state index in [0.29, 0.717) is 6.04 Å². The largest absolute Gasteiger partial charge is 0.493 e. The van der Waals surface area contributed by atoms with Gasteiger partial charge in [-0.25, -0.2) is 0 Å². The molecule has 2 aromatic carbocycles. The van der Waals surface area contributed by atoms with E-state index < -0.39 is 0 Å². The highest BCUT2D eigenvalue weighted by atomic mass is 16.5. The Morgan fingerprint density at radius 1 is 1.10 bits per heavy atom. The van der Waals surface area contributed by atoms with E-state index >= 15 is 0 Å². The lowest BCUT2D eigenvalue weighted by Crippen LogP contribution is -2.26. The standard InChI is InChI=1S/C18H21NO/c1-13-7-8-15(11-14(13)2)12-19-17-9-10-20-18-6-4-3-5-16(17)18/h3-8,11,17,19H,9-10,12H2,1-2H3. The molecule has 0 fully saturated rings. The van der Waals surface area contributed by atoms with Crippen LogP contribution < -0.4 is 10.1 Å². The summed E-state index contributed by atoms with van der Waals surface area (Å²) in [6, 6.07) is 15.4. The topological polar surface area (TPSA) is 21.3 Å². The first-order valence-corrected chi connectivity index (χ1v) is 7.25. The van der Waals surface area contributed by atoms with Crippen molar-refractivity contribution in [3.05, 3.63) is 64.7 Å². The third kappa shape index (κ3) is 2.70. The van der Waals surface area contributed by atoms with Crippen LogP contribution in [0, 0.1) is 13.8 Å². The minimum Gasteiger partial charge on any atom is -0.493 e. The van der Waals surface area contributed by atoms with E-state index in [4.69, 9.17) is 4.74 Å². The molecule has 104 valence electrons. The van der Waals surface area contributed by atoms with Crippen LogP contribution in [0.25, 0.3) is 0 Å². The first kappa shape index (κ1) is 13.2. The molecule has 20 heavy (non-hydrogen) atoms. The Kier molecular flexibility index (Phi) is 3.75. The number of fused-ring (bicyclic) bond motifs is 1. The molecule has 2 nitrogen and oxygen atoms in total. The summed E-state index contributed by atoms with van der Waals surface area (Å²) in [5.41, 5.74) is 5.33. The maximum atomic E-state index is 5.70. The fourth-order valence-corrected chi connectivity index (χ4v) is 2.71. The van der Waals surface area contributed by atoms with E-state index in [9.17, 15) is 0 Å². The summed E-state index contributed by atoms with van der Waals surface area (Å²) in [5, 5.41) is 3.66. The SMILES string of the molecule is Cc1ccc(CNC2CCOc3ccccc32)cc1C. The lowest BCUT2D eigenvalue weighted by Gasteiger charge is -2.26. The van der Waals surface area contributed by atoms with E-state index in [1.54, 1.807) is 0 Å². The van der Waals surface area contributed by atoms with Crippen LogP contribution in [0.5, 0.6) is 5.75 Å². The highest BCUT2D eigenvalue weighted by molar-refractivity contribution is 5.37. The van der Waals surface area contributed by atoms with Gasteiger partial charge in [-0.1, -0.05) is 36.4 Å². The zero-order chi connectivity index (χ0) is 13.9. The minimum absolute atomic E-state index is 0.390. The van der Waals surface area contributed by atoms with Crippen molar-refractivity contribution in [3.63, 3.8) is 0 Å². The summed E-state index contributed by atoms with van der Waals surface area (Å²) in [6.45, 7) is 6.02. The average molecular weight is 267 g/mol. The third-order valence-corrected chi connectivity index (χ3v) is 4.08. The molecule has 0 saturated heterocycles. The minimum atomic E-state index is 0.390. The van der Waals surface area contributed by atoms with E-state index in [2.05, 4.69) is 55.6 Å². The Hall–Kier alpha value is -1.80. The van der Waals surface area contributed by atoms with Crippen LogP contribution in [0.2, 0.25) is 0 Å². The molecule has 1 unspecified atom stereocenters. The molecule has 1 aliphatic heterocycles. The number of nitrogens with one attached hydrogen (secondary N) is 1. The fourth-order valence-electron chi connectivity index (χ4n) is 2.71. The molecule has 2 aromatic rings. The number of ether oxygens (including phenoxy) is 1. The van der Waals surface area contributed by atoms with Gasteiger partial charge in [-0.15, -0.1) is 0 Å². The van der Waals surface area contributed by atoms with Gasteiger partial charge in [0.1, 0.15) is 5.75 Å². The second kappa shape index (κ2) is 5.68. The lowest BCUT2D eigenvalue weighted by atomic mass is 10.00. The molecule has 0 aromatic heterocycles. The van der Waals surface area contributed by atoms with Gasteiger partial charge in [-0.3, -0.25) is 0 Å². The van der Waals surface area contributed by atoms with E-state index in [-0.39, 0.29) is 0 Å². The number of rotatable bonds is 3. The van der Waals surface area contributed by atoms with Crippen molar-refractivity contribution in [2.45, 2.75) is 32.9 Å². The number of para-hydroxylation sites is 1. The highest BCUT2D eigenvalue weighted by Gasteiger charge is 2.20. The second-order valence-corrected chi connectivity index (χ2v) is 5.53. The molecule has 0 saturated carbocycles. The zero-order valence-corrected chi connectivity index (χ0v) is 12.1. The number of hydrogen-bond acceptors (Lipinski definition) is 2. The summed E-state index contributed by atoms with van der Waals surface area (Å²) >= 11 is 0. The molecular formula is C18H21NO. The van der Waals surface area contributed by atoms with Gasteiger partial charge in [0.25, 0.3) is 0 Å². The Labute approximate surface area is 120 Å². The third-order valence-electron chi connectivity index (χ3n) is 4.08. The molecular weight excluding hydrogens is 246 g/mol. The molecule has 1 N–H and O–H groups in total. The molecule has 1 atom stereocenters. The lowest BCUT2D eigenvalue weighted by molar-refractivity contribution is 0.252. The summed E-state index contributed by atoms with van der Waals surface area (Å²) in [6.07, 6.45) is 1.03. The smallest absolute Gasteiger partial charge is 0.124 e. The summed E-state index contributed by atoms with van der Waals surface area (Å²) in [7, 11) is 0. The van der Waals surface area contributed by atoms with Crippen LogP contribution in [-0.4, -0.2) is 6.61 Å². The van der Waals surface area contributed by atoms with Gasteiger partial charge < -0.3 is 10.1 Å². The van der Waals surface area contributed by atoms with E-state index in [1.807, 2.05) is 6.07 Å². The first-order valence-electron chi connectivity index (χ1n) is 7.25. The molecule has 0 bridgehead atoms. The van der Waals surface area contributed by atoms with Crippen LogP contribution in [0.15, 0.2) is 42.5 Å². The molecule has 1 aliphatic rings. The first-order chi connectivity index (χ1) is 9.74. The molecule has 2 heteroatoms. The van der Waals surface area contributed by atoms with Crippen molar-refractivity contribution < 1.29 is 4.74 Å². The second-order valence-electron chi connectivity index (χ2n) is 5.53. The Bertz CT molecular complexity index is 606. The van der Waals surface area contributed by atoms with Crippen LogP contribution in [0.1, 0.15) is 34.7 Å². The van der Waals surface area contributed by atoms with Crippen molar-refractivity contribution in [1.82, 2.24) is 5.32 Å². The number of aryl methyl sites for hydroxylation is 2. The van der Waals surface area contributed by atoms with E-state index in [1.165, 1.54) is 22.3 Å². The Balaban J connectivity index is 1.71. The van der Waals surface area contributed by atoms with Crippen molar-refractivity contribution in [1.29, 1.82) is 0 Å². The van der Waals surface area contributed by atoms with Crippen LogP contribution >= 0.6 is 0 Å². The predicted molar refractivity (Wildman–Crippen MR) is 82.1 cm³/mol. The highest BCUT2D eigenvalue weighted by Crippen LogP contribution is 2.31. The van der Waals surface area contributed by atoms with Crippen molar-refractivity contribution in [3.8, 4) is 5.75 Å². The zero-order valence-electron chi connectivity index (χ0n) is 12.1. The van der Waals surface area contributed by atoms with Crippen molar-refractivity contribution in [2.75, 3.05) is 6.61 Å². The van der Waals surface area contributed by atoms with Gasteiger partial charge >= 0.3 is 0 Å². The maximum Gasteiger partial charge on any atom is 0.124 e. The van der Waals surface area contributed by atoms with Gasteiger partial charge in [0, 0.05) is 24.6 Å². The van der Waals surface area contributed by atoms with Gasteiger partial charge in [-0.2, -0.15) is 0 Å². The molecule has 0 amide bonds. The summed E-state index contributed by atoms with van der Waals surface area (Å²) in [4.78, 5) is 0. The summed E-state index contributed by atoms with van der Waals surface area (Å²) in [5.74, 6) is 1.02. The molecule has 3 rings (SSSR count). The van der Waals surface area contributed by atoms with Gasteiger partial charge in [0.15, 0.2) is 0 Å². The van der Waals surface area contributed by atoms with Crippen LogP contribution in [0.3, 0.4) is 0 Å². The molecule has 0 spiro atoms. The molecule has 0 aliphatic carbocycles. The van der Waals surface area contributed by atoms with Gasteiger partial charge in [0.05, 0.1) is 6.61 Å². The molecule has 1 heterocycles. The van der Waals surface area contributed by atoms with Crippen molar-refractivity contribution in [2.24, 2.45) is 0 Å². The van der Waals surface area contributed by atoms with Gasteiger partial charge in [0.2, 0.25) is 0 Å². The van der Waals surface area contributed by atoms with Gasteiger partial charge in [-0.05, 0) is 36.6 Å². The Morgan fingerprint density at radius 3 is 2.80 bits per heavy atom. The maximum absolute atomic E-state index is 5.70. The van der Waals surface area contributed by atoms with Crippen LogP contribution in [0.4, 0.5) is 0 Å². The van der Waals surface area contributed by atoms with E-state index in [0.717, 1.165) is 25.3 Å². The number of hydrogen-bond donors (Lipinski definition) is 1. The quantitative estimate of drug-likeness (QED) is 0.910. The normalized spacial score (nSPS) is 17.4. The predicted octanol–water partition coefficient (Wildman–Crippen LogP) is 3.92. The number of benzene rings is 2. The summed E-state index contributed by atoms with van der Waals surface area (Å²) < 4.78 is 5.70.